The normalized spacial score (nSPS) is 11.8. The van der Waals surface area contributed by atoms with Crippen LogP contribution in [0.4, 0.5) is 5.95 Å². The van der Waals surface area contributed by atoms with E-state index in [0.29, 0.717) is 22.5 Å². The lowest BCUT2D eigenvalue weighted by Gasteiger charge is -2.07. The van der Waals surface area contributed by atoms with Gasteiger partial charge < -0.3 is 10.3 Å². The average Bonchev–Trinajstić information content (AvgIpc) is 3.27. The van der Waals surface area contributed by atoms with Gasteiger partial charge in [0, 0.05) is 6.26 Å². The molecule has 0 aliphatic carbocycles. The first kappa shape index (κ1) is 18.6. The zero-order chi connectivity index (χ0) is 19.9. The molecule has 0 spiro atoms. The van der Waals surface area contributed by atoms with Crippen LogP contribution in [0.15, 0.2) is 46.3 Å². The van der Waals surface area contributed by atoms with Gasteiger partial charge in [-0.3, -0.25) is 0 Å². The van der Waals surface area contributed by atoms with Crippen LogP contribution in [-0.4, -0.2) is 44.2 Å². The molecule has 9 nitrogen and oxygen atoms in total. The molecule has 144 valence electrons. The molecule has 0 bridgehead atoms. The Kier molecular flexibility index (Phi) is 4.63. The van der Waals surface area contributed by atoms with Gasteiger partial charge in [-0.05, 0) is 28.4 Å². The van der Waals surface area contributed by atoms with Gasteiger partial charge in [-0.25, -0.2) is 13.4 Å². The molecule has 0 saturated heterocycles. The van der Waals surface area contributed by atoms with Gasteiger partial charge >= 0.3 is 0 Å². The minimum Gasteiger partial charge on any atom is -0.347 e. The summed E-state index contributed by atoms with van der Waals surface area (Å²) in [5.41, 5.74) is 3.47. The Labute approximate surface area is 169 Å². The van der Waals surface area contributed by atoms with Crippen LogP contribution in [0.25, 0.3) is 16.9 Å². The van der Waals surface area contributed by atoms with Crippen LogP contribution in [0, 0.1) is 6.92 Å². The van der Waals surface area contributed by atoms with Crippen molar-refractivity contribution in [1.29, 1.82) is 0 Å². The molecule has 1 aromatic carbocycles. The number of anilines is 1. The van der Waals surface area contributed by atoms with Crippen molar-refractivity contribution >= 4 is 37.4 Å². The lowest BCUT2D eigenvalue weighted by atomic mass is 10.1. The van der Waals surface area contributed by atoms with Gasteiger partial charge in [-0.15, -0.1) is 0 Å². The number of aromatic nitrogens is 6. The van der Waals surface area contributed by atoms with E-state index < -0.39 is 9.84 Å². The Bertz CT molecular complexity index is 1260. The monoisotopic (exact) mass is 461 g/mol. The summed E-state index contributed by atoms with van der Waals surface area (Å²) in [6.07, 6.45) is 4.35. The van der Waals surface area contributed by atoms with Gasteiger partial charge in [0.05, 0.1) is 29.1 Å². The Balaban J connectivity index is 1.62. The van der Waals surface area contributed by atoms with E-state index in [4.69, 9.17) is 0 Å². The van der Waals surface area contributed by atoms with Gasteiger partial charge in [-0.2, -0.15) is 19.6 Å². The molecular formula is C17H16BrN7O2S. The number of benzene rings is 1. The van der Waals surface area contributed by atoms with Crippen molar-refractivity contribution in [1.82, 2.24) is 29.5 Å². The Hall–Kier alpha value is -2.79. The standard InChI is InChI=1S/C17H16BrN7O2S/c1-10-3-5-11(6-4-10)13-8-19-14(22-13)9-20-16-24-17(28(2,26)27)23-15-12(18)7-21-25(15)16/h3-8H,9H2,1-2H3,(H,19,22)(H,20,23,24). The summed E-state index contributed by atoms with van der Waals surface area (Å²) in [5, 5.41) is 6.97. The molecule has 0 aliphatic rings. The van der Waals surface area contributed by atoms with E-state index in [1.54, 1.807) is 6.20 Å². The molecule has 0 atom stereocenters. The summed E-state index contributed by atoms with van der Waals surface area (Å²) in [7, 11) is -3.58. The quantitative estimate of drug-likeness (QED) is 0.468. The number of aryl methyl sites for hydroxylation is 1. The summed E-state index contributed by atoms with van der Waals surface area (Å²) in [5.74, 6) is 0.930. The van der Waals surface area contributed by atoms with E-state index in [9.17, 15) is 8.42 Å². The first-order valence-electron chi connectivity index (χ1n) is 8.27. The minimum absolute atomic E-state index is 0.254. The summed E-state index contributed by atoms with van der Waals surface area (Å²) in [6, 6.07) is 8.11. The smallest absolute Gasteiger partial charge is 0.252 e. The van der Waals surface area contributed by atoms with E-state index in [2.05, 4.69) is 46.3 Å². The third-order valence-electron chi connectivity index (χ3n) is 4.04. The number of nitrogens with one attached hydrogen (secondary N) is 2. The fraction of sp³-hybridized carbons (Fsp3) is 0.176. The predicted molar refractivity (Wildman–Crippen MR) is 108 cm³/mol. The fourth-order valence-corrected chi connectivity index (χ4v) is 3.46. The molecule has 0 saturated carbocycles. The molecular weight excluding hydrogens is 446 g/mol. The SMILES string of the molecule is Cc1ccc(-c2cnc(CNc3nc(S(C)(=O)=O)nc4c(Br)cnn34)[nH]2)cc1. The number of sulfone groups is 1. The number of H-pyrrole nitrogens is 1. The highest BCUT2D eigenvalue weighted by molar-refractivity contribution is 9.10. The molecule has 0 fully saturated rings. The van der Waals surface area contributed by atoms with Crippen LogP contribution < -0.4 is 5.32 Å². The van der Waals surface area contributed by atoms with E-state index in [1.165, 1.54) is 16.3 Å². The number of halogens is 1. The first-order chi connectivity index (χ1) is 13.3. The van der Waals surface area contributed by atoms with Crippen LogP contribution in [0.2, 0.25) is 0 Å². The van der Waals surface area contributed by atoms with E-state index in [1.807, 2.05) is 31.2 Å². The van der Waals surface area contributed by atoms with Crippen LogP contribution in [0.1, 0.15) is 11.4 Å². The van der Waals surface area contributed by atoms with Gasteiger partial charge in [-0.1, -0.05) is 29.8 Å². The fourth-order valence-electron chi connectivity index (χ4n) is 2.61. The number of aromatic amines is 1. The highest BCUT2D eigenvalue weighted by Gasteiger charge is 2.18. The van der Waals surface area contributed by atoms with Gasteiger partial charge in [0.25, 0.3) is 5.16 Å². The number of nitrogens with zero attached hydrogens (tertiary/aromatic N) is 5. The van der Waals surface area contributed by atoms with Crippen LogP contribution >= 0.6 is 15.9 Å². The predicted octanol–water partition coefficient (Wildman–Crippen LogP) is 2.60. The maximum absolute atomic E-state index is 11.9. The molecule has 3 heterocycles. The van der Waals surface area contributed by atoms with E-state index >= 15 is 0 Å². The van der Waals surface area contributed by atoms with Crippen molar-refractivity contribution in [2.45, 2.75) is 18.6 Å². The molecule has 4 rings (SSSR count). The number of hydrogen-bond donors (Lipinski definition) is 2. The summed E-state index contributed by atoms with van der Waals surface area (Å²) in [6.45, 7) is 2.34. The molecule has 11 heteroatoms. The number of hydrogen-bond acceptors (Lipinski definition) is 7. The summed E-state index contributed by atoms with van der Waals surface area (Å²) < 4.78 is 25.8. The highest BCUT2D eigenvalue weighted by Crippen LogP contribution is 2.21. The lowest BCUT2D eigenvalue weighted by molar-refractivity contribution is 0.592. The molecule has 0 radical (unpaired) electrons. The van der Waals surface area contributed by atoms with Crippen molar-refractivity contribution in [3.05, 3.63) is 52.5 Å². The Morgan fingerprint density at radius 3 is 2.64 bits per heavy atom. The largest absolute Gasteiger partial charge is 0.347 e. The summed E-state index contributed by atoms with van der Waals surface area (Å²) in [4.78, 5) is 15.8. The molecule has 4 aromatic rings. The lowest BCUT2D eigenvalue weighted by Crippen LogP contribution is -2.13. The van der Waals surface area contributed by atoms with E-state index in [-0.39, 0.29) is 11.1 Å². The van der Waals surface area contributed by atoms with Crippen molar-refractivity contribution in [3.8, 4) is 11.3 Å². The van der Waals surface area contributed by atoms with E-state index in [0.717, 1.165) is 17.5 Å². The molecule has 28 heavy (non-hydrogen) atoms. The number of imidazole rings is 1. The third-order valence-corrected chi connectivity index (χ3v) is 5.45. The Morgan fingerprint density at radius 1 is 1.18 bits per heavy atom. The first-order valence-corrected chi connectivity index (χ1v) is 11.0. The maximum atomic E-state index is 11.9. The molecule has 3 aromatic heterocycles. The molecule has 0 aliphatic heterocycles. The summed E-state index contributed by atoms with van der Waals surface area (Å²) >= 11 is 3.32. The van der Waals surface area contributed by atoms with Crippen LogP contribution in [-0.2, 0) is 16.4 Å². The van der Waals surface area contributed by atoms with Gasteiger partial charge in [0.1, 0.15) is 5.82 Å². The molecule has 2 N–H and O–H groups in total. The third kappa shape index (κ3) is 3.62. The second-order valence-corrected chi connectivity index (χ2v) is 9.06. The molecule has 0 unspecified atom stereocenters. The van der Waals surface area contributed by atoms with Gasteiger partial charge in [0.15, 0.2) is 5.65 Å². The van der Waals surface area contributed by atoms with Crippen molar-refractivity contribution < 1.29 is 8.42 Å². The van der Waals surface area contributed by atoms with Crippen molar-refractivity contribution in [2.75, 3.05) is 11.6 Å². The minimum atomic E-state index is -3.58. The maximum Gasteiger partial charge on any atom is 0.252 e. The highest BCUT2D eigenvalue weighted by atomic mass is 79.9. The number of rotatable bonds is 5. The van der Waals surface area contributed by atoms with Crippen LogP contribution in [0.3, 0.4) is 0 Å². The van der Waals surface area contributed by atoms with Crippen molar-refractivity contribution in [2.24, 2.45) is 0 Å². The zero-order valence-electron chi connectivity index (χ0n) is 15.0. The number of fused-ring (bicyclic) bond motifs is 1. The van der Waals surface area contributed by atoms with Crippen LogP contribution in [0.5, 0.6) is 0 Å². The topological polar surface area (TPSA) is 118 Å². The Morgan fingerprint density at radius 2 is 1.93 bits per heavy atom. The molecule has 0 amide bonds. The van der Waals surface area contributed by atoms with Gasteiger partial charge in [0.2, 0.25) is 15.8 Å². The average molecular weight is 462 g/mol. The second kappa shape index (κ2) is 6.99. The van der Waals surface area contributed by atoms with Crippen molar-refractivity contribution in [3.63, 3.8) is 0 Å². The second-order valence-electron chi connectivity index (χ2n) is 6.29. The zero-order valence-corrected chi connectivity index (χ0v) is 17.4.